The van der Waals surface area contributed by atoms with Gasteiger partial charge >= 0.3 is 5.97 Å². The molecule has 12 heteroatoms. The van der Waals surface area contributed by atoms with Crippen molar-refractivity contribution in [1.82, 2.24) is 25.4 Å². The molecule has 1 aliphatic rings. The van der Waals surface area contributed by atoms with Crippen LogP contribution in [-0.4, -0.2) is 95.0 Å². The van der Waals surface area contributed by atoms with Gasteiger partial charge in [0.05, 0.1) is 6.04 Å². The number of nitrogens with one attached hydrogen (secondary N) is 2. The SMILES string of the molecule is CC[C@H](C)[C@H](NC(=O)[C@H]1CCCCN1C)C(=O)N(C)[C@H](C[C@@H](OC(C)=O)c1nc(C(=O)N[C@@H](Cc2ccccc2)C[C@H](C)CO)cs1)C(C)C. The van der Waals surface area contributed by atoms with Crippen molar-refractivity contribution in [2.45, 2.75) is 117 Å². The van der Waals surface area contributed by atoms with E-state index in [9.17, 15) is 24.3 Å². The lowest BCUT2D eigenvalue weighted by Crippen LogP contribution is -2.58. The summed E-state index contributed by atoms with van der Waals surface area (Å²) < 4.78 is 5.79. The lowest BCUT2D eigenvalue weighted by molar-refractivity contribution is -0.149. The number of carbonyl (C=O) groups excluding carboxylic acids is 4. The molecular formula is C38H59N5O6S. The maximum absolute atomic E-state index is 14.2. The average molecular weight is 714 g/mol. The molecule has 3 N–H and O–H groups in total. The van der Waals surface area contributed by atoms with Gasteiger partial charge in [0.2, 0.25) is 11.8 Å². The molecule has 2 heterocycles. The van der Waals surface area contributed by atoms with Crippen molar-refractivity contribution >= 4 is 35.0 Å². The van der Waals surface area contributed by atoms with Gasteiger partial charge in [-0.3, -0.25) is 24.1 Å². The zero-order valence-corrected chi connectivity index (χ0v) is 32.0. The number of likely N-dealkylation sites (tertiary alicyclic amines) is 1. The number of likely N-dealkylation sites (N-methyl/N-ethyl adjacent to an activating group) is 2. The van der Waals surface area contributed by atoms with E-state index in [-0.39, 0.29) is 72.3 Å². The Morgan fingerprint density at radius 2 is 1.78 bits per heavy atom. The van der Waals surface area contributed by atoms with Crippen molar-refractivity contribution in [3.63, 3.8) is 0 Å². The highest BCUT2D eigenvalue weighted by Gasteiger charge is 2.37. The lowest BCUT2D eigenvalue weighted by atomic mass is 9.92. The molecule has 7 atom stereocenters. The minimum atomic E-state index is -0.788. The zero-order chi connectivity index (χ0) is 37.0. The minimum absolute atomic E-state index is 0.00199. The fourth-order valence-electron chi connectivity index (χ4n) is 6.67. The van der Waals surface area contributed by atoms with Gasteiger partial charge in [-0.05, 0) is 62.6 Å². The van der Waals surface area contributed by atoms with Crippen LogP contribution in [0.2, 0.25) is 0 Å². The number of aliphatic hydroxyl groups is 1. The number of aromatic nitrogens is 1. The van der Waals surface area contributed by atoms with Crippen molar-refractivity contribution in [3.05, 3.63) is 52.0 Å². The van der Waals surface area contributed by atoms with Crippen molar-refractivity contribution in [2.75, 3.05) is 27.2 Å². The molecule has 2 aromatic rings. The van der Waals surface area contributed by atoms with Gasteiger partial charge in [0, 0.05) is 44.5 Å². The number of esters is 1. The van der Waals surface area contributed by atoms with Gasteiger partial charge in [-0.2, -0.15) is 0 Å². The zero-order valence-electron chi connectivity index (χ0n) is 31.2. The molecule has 3 amide bonds. The van der Waals surface area contributed by atoms with Gasteiger partial charge in [0.15, 0.2) is 6.10 Å². The first-order chi connectivity index (χ1) is 23.7. The number of ether oxygens (including phenoxy) is 1. The van der Waals surface area contributed by atoms with Crippen LogP contribution in [0, 0.1) is 17.8 Å². The van der Waals surface area contributed by atoms with E-state index in [4.69, 9.17) is 4.74 Å². The predicted molar refractivity (Wildman–Crippen MR) is 197 cm³/mol. The molecule has 1 aromatic carbocycles. The molecule has 1 aromatic heterocycles. The summed E-state index contributed by atoms with van der Waals surface area (Å²) in [5.41, 5.74) is 1.29. The standard InChI is InChI=1S/C38H59N5O6S/c1-9-26(5)34(41-36(47)31-17-13-14-18-42(31)7)38(48)43(8)32(24(2)3)21-33(49-27(6)45)37-40-30(23-50-37)35(46)39-29(19-25(4)22-44)20-28-15-11-10-12-16-28/h10-12,15-16,23-26,29,31-34,44H,9,13-14,17-22H2,1-8H3,(H,39,46)(H,41,47)/t25-,26-,29+,31+,32+,33+,34-/m0/s1. The number of rotatable bonds is 18. The van der Waals surface area contributed by atoms with E-state index in [0.29, 0.717) is 24.3 Å². The lowest BCUT2D eigenvalue weighted by Gasteiger charge is -2.38. The van der Waals surface area contributed by atoms with E-state index in [2.05, 4.69) is 20.5 Å². The monoisotopic (exact) mass is 713 g/mol. The van der Waals surface area contributed by atoms with Crippen LogP contribution in [0.25, 0.3) is 0 Å². The summed E-state index contributed by atoms with van der Waals surface area (Å²) in [5.74, 6) is -1.26. The van der Waals surface area contributed by atoms with Gasteiger partial charge in [-0.25, -0.2) is 4.98 Å². The smallest absolute Gasteiger partial charge is 0.303 e. The molecule has 0 radical (unpaired) electrons. The van der Waals surface area contributed by atoms with Crippen molar-refractivity contribution in [3.8, 4) is 0 Å². The second kappa shape index (κ2) is 19.9. The van der Waals surface area contributed by atoms with Crippen LogP contribution < -0.4 is 10.6 Å². The first-order valence-corrected chi connectivity index (χ1v) is 19.0. The Kier molecular flexibility index (Phi) is 16.3. The molecule has 0 spiro atoms. The normalized spacial score (nSPS) is 18.7. The van der Waals surface area contributed by atoms with Crippen molar-refractivity contribution in [2.24, 2.45) is 17.8 Å². The molecule has 11 nitrogen and oxygen atoms in total. The minimum Gasteiger partial charge on any atom is -0.455 e. The fourth-order valence-corrected chi connectivity index (χ4v) is 7.51. The van der Waals surface area contributed by atoms with E-state index >= 15 is 0 Å². The van der Waals surface area contributed by atoms with Gasteiger partial charge in [0.25, 0.3) is 5.91 Å². The van der Waals surface area contributed by atoms with Crippen LogP contribution in [0.1, 0.15) is 107 Å². The molecule has 50 heavy (non-hydrogen) atoms. The molecule has 1 aliphatic heterocycles. The summed E-state index contributed by atoms with van der Waals surface area (Å²) in [6.45, 7) is 12.1. The number of carbonyl (C=O) groups is 4. The quantitative estimate of drug-likeness (QED) is 0.184. The summed E-state index contributed by atoms with van der Waals surface area (Å²) in [7, 11) is 3.70. The number of hydrogen-bond donors (Lipinski definition) is 3. The van der Waals surface area contributed by atoms with E-state index in [1.54, 1.807) is 17.3 Å². The summed E-state index contributed by atoms with van der Waals surface area (Å²) in [6, 6.07) is 8.34. The first kappa shape index (κ1) is 41.1. The van der Waals surface area contributed by atoms with Gasteiger partial charge in [0.1, 0.15) is 16.7 Å². The highest BCUT2D eigenvalue weighted by molar-refractivity contribution is 7.09. The maximum Gasteiger partial charge on any atom is 0.303 e. The Labute approximate surface area is 302 Å². The molecule has 0 aliphatic carbocycles. The van der Waals surface area contributed by atoms with Crippen molar-refractivity contribution in [1.29, 1.82) is 0 Å². The second-order valence-electron chi connectivity index (χ2n) is 14.4. The van der Waals surface area contributed by atoms with E-state index in [1.165, 1.54) is 18.3 Å². The Bertz CT molecular complexity index is 1390. The fraction of sp³-hybridized carbons (Fsp3) is 0.658. The van der Waals surface area contributed by atoms with Crippen molar-refractivity contribution < 1.29 is 29.0 Å². The van der Waals surface area contributed by atoms with Gasteiger partial charge in [-0.1, -0.05) is 77.8 Å². The molecule has 0 saturated carbocycles. The van der Waals surface area contributed by atoms with Crippen LogP contribution in [-0.2, 0) is 25.5 Å². The molecule has 0 bridgehead atoms. The number of nitrogens with zero attached hydrogens (tertiary/aromatic N) is 3. The van der Waals surface area contributed by atoms with Crippen LogP contribution in [0.15, 0.2) is 35.7 Å². The summed E-state index contributed by atoms with van der Waals surface area (Å²) >= 11 is 1.24. The summed E-state index contributed by atoms with van der Waals surface area (Å²) in [4.78, 5) is 61.7. The third-order valence-electron chi connectivity index (χ3n) is 9.92. The third kappa shape index (κ3) is 11.9. The van der Waals surface area contributed by atoms with E-state index in [1.807, 2.05) is 72.0 Å². The number of piperidine rings is 1. The summed E-state index contributed by atoms with van der Waals surface area (Å²) in [6.07, 6.45) is 4.19. The third-order valence-corrected chi connectivity index (χ3v) is 10.9. The Hall–Kier alpha value is -3.35. The highest BCUT2D eigenvalue weighted by Crippen LogP contribution is 2.31. The number of hydrogen-bond acceptors (Lipinski definition) is 9. The van der Waals surface area contributed by atoms with E-state index < -0.39 is 18.1 Å². The van der Waals surface area contributed by atoms with Gasteiger partial charge < -0.3 is 25.4 Å². The van der Waals surface area contributed by atoms with Crippen LogP contribution in [0.5, 0.6) is 0 Å². The second-order valence-corrected chi connectivity index (χ2v) is 15.3. The average Bonchev–Trinajstić information content (AvgIpc) is 3.59. The van der Waals surface area contributed by atoms with E-state index in [0.717, 1.165) is 31.4 Å². The maximum atomic E-state index is 14.2. The summed E-state index contributed by atoms with van der Waals surface area (Å²) in [5, 5.41) is 18.0. The topological polar surface area (TPSA) is 141 Å². The number of thiazole rings is 1. The van der Waals surface area contributed by atoms with Gasteiger partial charge in [-0.15, -0.1) is 11.3 Å². The molecule has 278 valence electrons. The molecular weight excluding hydrogens is 655 g/mol. The predicted octanol–water partition coefficient (Wildman–Crippen LogP) is 5.00. The molecule has 0 unspecified atom stereocenters. The largest absolute Gasteiger partial charge is 0.455 e. The Balaban J connectivity index is 1.80. The van der Waals surface area contributed by atoms with Crippen LogP contribution in [0.3, 0.4) is 0 Å². The first-order valence-electron chi connectivity index (χ1n) is 18.1. The molecule has 1 saturated heterocycles. The van der Waals surface area contributed by atoms with Crippen LogP contribution >= 0.6 is 11.3 Å². The molecule has 1 fully saturated rings. The molecule has 3 rings (SSSR count). The Morgan fingerprint density at radius 3 is 2.38 bits per heavy atom. The number of benzene rings is 1. The number of amides is 3. The Morgan fingerprint density at radius 1 is 1.08 bits per heavy atom. The van der Waals surface area contributed by atoms with Crippen LogP contribution in [0.4, 0.5) is 0 Å². The number of aliphatic hydroxyl groups excluding tert-OH is 1. The highest BCUT2D eigenvalue weighted by atomic mass is 32.1.